The predicted molar refractivity (Wildman–Crippen MR) is 161 cm³/mol. The number of benzene rings is 3. The third-order valence-corrected chi connectivity index (χ3v) is 7.56. The molecule has 0 spiro atoms. The molecule has 194 valence electrons. The van der Waals surface area contributed by atoms with Gasteiger partial charge in [-0.2, -0.15) is 0 Å². The van der Waals surface area contributed by atoms with E-state index >= 15 is 0 Å². The first-order chi connectivity index (χ1) is 19.0. The Kier molecular flexibility index (Phi) is 6.63. The van der Waals surface area contributed by atoms with E-state index in [0.29, 0.717) is 5.11 Å². The second kappa shape index (κ2) is 10.4. The summed E-state index contributed by atoms with van der Waals surface area (Å²) in [7, 11) is 0. The molecule has 1 N–H and O–H groups in total. The molecule has 1 aliphatic rings. The van der Waals surface area contributed by atoms with E-state index in [-0.39, 0.29) is 12.1 Å². The topological polar surface area (TPSA) is 42.3 Å². The summed E-state index contributed by atoms with van der Waals surface area (Å²) < 4.78 is 8.37. The maximum atomic E-state index is 6.04. The number of nitrogens with zero attached hydrogens (tertiary/aromatic N) is 3. The van der Waals surface area contributed by atoms with Crippen LogP contribution in [0.15, 0.2) is 109 Å². The van der Waals surface area contributed by atoms with Crippen LogP contribution in [0.4, 0.5) is 5.69 Å². The van der Waals surface area contributed by atoms with Crippen molar-refractivity contribution >= 4 is 23.0 Å². The Morgan fingerprint density at radius 1 is 0.769 bits per heavy atom. The Morgan fingerprint density at radius 2 is 1.51 bits per heavy atom. The summed E-state index contributed by atoms with van der Waals surface area (Å²) in [5.41, 5.74) is 7.92. The highest BCUT2D eigenvalue weighted by molar-refractivity contribution is 7.80. The first kappa shape index (κ1) is 24.9. The Morgan fingerprint density at radius 3 is 2.23 bits per heavy atom. The zero-order valence-electron chi connectivity index (χ0n) is 22.2. The molecule has 2 aromatic heterocycles. The van der Waals surface area contributed by atoms with Gasteiger partial charge in [-0.1, -0.05) is 36.4 Å². The van der Waals surface area contributed by atoms with Crippen molar-refractivity contribution in [2.24, 2.45) is 0 Å². The van der Waals surface area contributed by atoms with Crippen LogP contribution in [0, 0.1) is 20.8 Å². The molecule has 6 rings (SSSR count). The maximum Gasteiger partial charge on any atom is 0.174 e. The van der Waals surface area contributed by atoms with Gasteiger partial charge in [-0.3, -0.25) is 4.98 Å². The van der Waals surface area contributed by atoms with Crippen LogP contribution in [0.5, 0.6) is 11.5 Å². The van der Waals surface area contributed by atoms with Gasteiger partial charge >= 0.3 is 0 Å². The number of para-hydroxylation sites is 1. The molecule has 0 unspecified atom stereocenters. The number of aryl methyl sites for hydroxylation is 2. The van der Waals surface area contributed by atoms with Gasteiger partial charge in [0.1, 0.15) is 11.5 Å². The summed E-state index contributed by atoms with van der Waals surface area (Å²) in [6.07, 6.45) is 1.84. The molecule has 6 heteroatoms. The molecule has 39 heavy (non-hydrogen) atoms. The molecule has 0 radical (unpaired) electrons. The highest BCUT2D eigenvalue weighted by Crippen LogP contribution is 2.44. The number of thiocarbonyl (C=S) groups is 1. The fourth-order valence-corrected chi connectivity index (χ4v) is 5.85. The van der Waals surface area contributed by atoms with Gasteiger partial charge in [0.25, 0.3) is 0 Å². The first-order valence-corrected chi connectivity index (χ1v) is 13.5. The van der Waals surface area contributed by atoms with Crippen LogP contribution in [-0.2, 0) is 0 Å². The molecule has 5 aromatic rings. The summed E-state index contributed by atoms with van der Waals surface area (Å²) in [5.74, 6) is 1.58. The van der Waals surface area contributed by atoms with Crippen LogP contribution in [0.3, 0.4) is 0 Å². The standard InChI is InChI=1S/C33H30N4OS/c1-22-10-9-11-26(20-22)36-23(2)21-29(24(36)3)32-31(30-14-7-8-19-34-30)35-33(39)37(32)25-15-17-28(18-16-25)38-27-12-5-4-6-13-27/h4-21,31-32H,1-3H3,(H,35,39)/t31-,32-/m0/s1. The van der Waals surface area contributed by atoms with E-state index in [1.165, 1.54) is 22.5 Å². The van der Waals surface area contributed by atoms with Crippen molar-refractivity contribution in [3.8, 4) is 17.2 Å². The Balaban J connectivity index is 1.42. The summed E-state index contributed by atoms with van der Waals surface area (Å²) in [6, 6.07) is 34.7. The SMILES string of the molecule is Cc1cccc(-n2c(C)cc([C@H]3[C@H](c4ccccn4)NC(=S)N3c3ccc(Oc4ccccc4)cc3)c2C)c1. The van der Waals surface area contributed by atoms with Crippen molar-refractivity contribution in [2.45, 2.75) is 32.9 Å². The summed E-state index contributed by atoms with van der Waals surface area (Å²) in [4.78, 5) is 6.92. The molecule has 1 aliphatic heterocycles. The van der Waals surface area contributed by atoms with Crippen molar-refractivity contribution in [1.82, 2.24) is 14.9 Å². The van der Waals surface area contributed by atoms with E-state index in [1.807, 2.05) is 60.8 Å². The lowest BCUT2D eigenvalue weighted by molar-refractivity contribution is 0.482. The Hall–Kier alpha value is -4.42. The van der Waals surface area contributed by atoms with Crippen molar-refractivity contribution in [1.29, 1.82) is 0 Å². The van der Waals surface area contributed by atoms with Crippen LogP contribution in [-0.4, -0.2) is 14.7 Å². The van der Waals surface area contributed by atoms with E-state index < -0.39 is 0 Å². The molecule has 0 bridgehead atoms. The normalized spacial score (nSPS) is 16.8. The molecule has 0 saturated carbocycles. The number of nitrogens with one attached hydrogen (secondary N) is 1. The molecular weight excluding hydrogens is 500 g/mol. The highest BCUT2D eigenvalue weighted by Gasteiger charge is 2.42. The summed E-state index contributed by atoms with van der Waals surface area (Å²) in [5, 5.41) is 4.25. The van der Waals surface area contributed by atoms with Crippen LogP contribution in [0.1, 0.15) is 40.3 Å². The molecule has 1 fully saturated rings. The molecule has 1 saturated heterocycles. The number of hydrogen-bond donors (Lipinski definition) is 1. The number of hydrogen-bond acceptors (Lipinski definition) is 3. The van der Waals surface area contributed by atoms with E-state index in [4.69, 9.17) is 21.9 Å². The highest BCUT2D eigenvalue weighted by atomic mass is 32.1. The van der Waals surface area contributed by atoms with E-state index in [1.54, 1.807) is 0 Å². The van der Waals surface area contributed by atoms with Gasteiger partial charge in [-0.25, -0.2) is 0 Å². The quantitative estimate of drug-likeness (QED) is 0.227. The first-order valence-electron chi connectivity index (χ1n) is 13.1. The fraction of sp³-hybridized carbons (Fsp3) is 0.152. The lowest BCUT2D eigenvalue weighted by atomic mass is 9.96. The number of rotatable bonds is 6. The van der Waals surface area contributed by atoms with E-state index in [2.05, 4.69) is 84.1 Å². The lowest BCUT2D eigenvalue weighted by Crippen LogP contribution is -2.29. The zero-order chi connectivity index (χ0) is 26.9. The van der Waals surface area contributed by atoms with Crippen LogP contribution in [0.25, 0.3) is 5.69 Å². The van der Waals surface area contributed by atoms with Crippen LogP contribution < -0.4 is 15.0 Å². The largest absolute Gasteiger partial charge is 0.457 e. The predicted octanol–water partition coefficient (Wildman–Crippen LogP) is 7.77. The van der Waals surface area contributed by atoms with E-state index in [0.717, 1.165) is 28.6 Å². The second-order valence-electron chi connectivity index (χ2n) is 9.91. The number of ether oxygens (including phenoxy) is 1. The minimum atomic E-state index is -0.106. The maximum absolute atomic E-state index is 6.04. The number of anilines is 1. The number of pyridine rings is 1. The average molecular weight is 531 g/mol. The van der Waals surface area contributed by atoms with Crippen molar-refractivity contribution in [2.75, 3.05) is 4.90 Å². The Labute approximate surface area is 234 Å². The molecular formula is C33H30N4OS. The van der Waals surface area contributed by atoms with Gasteiger partial charge < -0.3 is 19.5 Å². The minimum absolute atomic E-state index is 0.0851. The van der Waals surface area contributed by atoms with Gasteiger partial charge in [0.2, 0.25) is 0 Å². The molecule has 3 heterocycles. The average Bonchev–Trinajstić information content (AvgIpc) is 3.45. The number of aromatic nitrogens is 2. The van der Waals surface area contributed by atoms with Gasteiger partial charge in [0.15, 0.2) is 5.11 Å². The third kappa shape index (κ3) is 4.79. The van der Waals surface area contributed by atoms with Crippen molar-refractivity contribution in [3.05, 3.63) is 138 Å². The minimum Gasteiger partial charge on any atom is -0.457 e. The monoisotopic (exact) mass is 530 g/mol. The molecule has 3 aromatic carbocycles. The van der Waals surface area contributed by atoms with Gasteiger partial charge in [0.05, 0.1) is 17.8 Å². The van der Waals surface area contributed by atoms with Gasteiger partial charge in [0, 0.05) is 29.0 Å². The van der Waals surface area contributed by atoms with Gasteiger partial charge in [-0.05, 0) is 111 Å². The van der Waals surface area contributed by atoms with Gasteiger partial charge in [-0.15, -0.1) is 0 Å². The fourth-order valence-electron chi connectivity index (χ4n) is 5.50. The van der Waals surface area contributed by atoms with Crippen molar-refractivity contribution < 1.29 is 4.74 Å². The van der Waals surface area contributed by atoms with E-state index in [9.17, 15) is 0 Å². The molecule has 2 atom stereocenters. The molecule has 5 nitrogen and oxygen atoms in total. The third-order valence-electron chi connectivity index (χ3n) is 7.24. The Bertz CT molecular complexity index is 1610. The second-order valence-corrected chi connectivity index (χ2v) is 10.3. The zero-order valence-corrected chi connectivity index (χ0v) is 23.0. The summed E-state index contributed by atoms with van der Waals surface area (Å²) in [6.45, 7) is 6.48. The van der Waals surface area contributed by atoms with Crippen molar-refractivity contribution in [3.63, 3.8) is 0 Å². The lowest BCUT2D eigenvalue weighted by Gasteiger charge is -2.28. The van der Waals surface area contributed by atoms with Crippen LogP contribution >= 0.6 is 12.2 Å². The van der Waals surface area contributed by atoms with Crippen LogP contribution in [0.2, 0.25) is 0 Å². The smallest absolute Gasteiger partial charge is 0.174 e. The molecule has 0 aliphatic carbocycles. The molecule has 0 amide bonds. The summed E-state index contributed by atoms with van der Waals surface area (Å²) >= 11 is 5.96.